The van der Waals surface area contributed by atoms with Gasteiger partial charge in [-0.25, -0.2) is 9.97 Å². The van der Waals surface area contributed by atoms with E-state index in [4.69, 9.17) is 0 Å². The van der Waals surface area contributed by atoms with Crippen LogP contribution in [-0.2, 0) is 0 Å². The average Bonchev–Trinajstić information content (AvgIpc) is 3.25. The number of anilines is 2. The van der Waals surface area contributed by atoms with Crippen molar-refractivity contribution in [3.63, 3.8) is 0 Å². The van der Waals surface area contributed by atoms with Gasteiger partial charge in [0.1, 0.15) is 5.01 Å². The Bertz CT molecular complexity index is 630. The van der Waals surface area contributed by atoms with E-state index >= 15 is 0 Å². The van der Waals surface area contributed by atoms with Crippen molar-refractivity contribution in [2.45, 2.75) is 25.7 Å². The number of rotatable bonds is 3. The van der Waals surface area contributed by atoms with Crippen molar-refractivity contribution in [1.29, 1.82) is 0 Å². The van der Waals surface area contributed by atoms with Gasteiger partial charge in [-0.05, 0) is 25.8 Å². The van der Waals surface area contributed by atoms with Gasteiger partial charge in [-0.15, -0.1) is 10.2 Å². The molecule has 7 heteroatoms. The molecule has 0 radical (unpaired) electrons. The highest BCUT2D eigenvalue weighted by Crippen LogP contribution is 2.42. The molecule has 0 N–H and O–H groups in total. The molecule has 0 atom stereocenters. The largest absolute Gasteiger partial charge is 0.343 e. The zero-order valence-corrected chi connectivity index (χ0v) is 12.9. The lowest BCUT2D eigenvalue weighted by molar-refractivity contribution is 0.635. The fourth-order valence-electron chi connectivity index (χ4n) is 2.54. The smallest absolute Gasteiger partial charge is 0.225 e. The molecule has 0 unspecified atom stereocenters. The maximum Gasteiger partial charge on any atom is 0.225 e. The summed E-state index contributed by atoms with van der Waals surface area (Å²) in [5.41, 5.74) is 1.01. The third-order valence-corrected chi connectivity index (χ3v) is 5.12. The molecule has 2 aliphatic rings. The maximum atomic E-state index is 4.50. The molecule has 2 aromatic heterocycles. The number of aryl methyl sites for hydroxylation is 1. The summed E-state index contributed by atoms with van der Waals surface area (Å²) in [5, 5.41) is 11.0. The van der Waals surface area contributed by atoms with Crippen LogP contribution in [0.25, 0.3) is 0 Å². The summed E-state index contributed by atoms with van der Waals surface area (Å²) in [6.07, 6.45) is 4.40. The van der Waals surface area contributed by atoms with E-state index < -0.39 is 0 Å². The molecule has 1 aliphatic heterocycles. The minimum atomic E-state index is 0.693. The first-order valence-electron chi connectivity index (χ1n) is 7.42. The summed E-state index contributed by atoms with van der Waals surface area (Å²) in [4.78, 5) is 13.4. The normalized spacial score (nSPS) is 19.1. The molecule has 2 aromatic rings. The van der Waals surface area contributed by atoms with Crippen molar-refractivity contribution in [2.24, 2.45) is 0 Å². The number of piperazine rings is 1. The second-order valence-corrected chi connectivity index (χ2v) is 6.66. The Morgan fingerprint density at radius 3 is 2.57 bits per heavy atom. The van der Waals surface area contributed by atoms with Crippen LogP contribution in [0.15, 0.2) is 12.3 Å². The van der Waals surface area contributed by atoms with Gasteiger partial charge in [0.05, 0.1) is 0 Å². The van der Waals surface area contributed by atoms with E-state index in [9.17, 15) is 0 Å². The minimum absolute atomic E-state index is 0.693. The lowest BCUT2D eigenvalue weighted by atomic mass is 10.3. The van der Waals surface area contributed by atoms with Crippen LogP contribution >= 0.6 is 11.3 Å². The Hall–Kier alpha value is -1.76. The molecule has 0 spiro atoms. The van der Waals surface area contributed by atoms with Crippen LogP contribution in [0.2, 0.25) is 0 Å². The van der Waals surface area contributed by atoms with Crippen molar-refractivity contribution in [3.05, 3.63) is 23.0 Å². The van der Waals surface area contributed by atoms with Crippen LogP contribution in [0.3, 0.4) is 0 Å². The van der Waals surface area contributed by atoms with Gasteiger partial charge in [0.2, 0.25) is 11.1 Å². The number of hydrogen-bond donors (Lipinski definition) is 0. The van der Waals surface area contributed by atoms with E-state index in [0.29, 0.717) is 5.92 Å². The Morgan fingerprint density at radius 1 is 1.10 bits per heavy atom. The molecule has 1 aliphatic carbocycles. The van der Waals surface area contributed by atoms with Crippen molar-refractivity contribution in [2.75, 3.05) is 36.0 Å². The van der Waals surface area contributed by atoms with Gasteiger partial charge >= 0.3 is 0 Å². The van der Waals surface area contributed by atoms with Crippen LogP contribution in [0, 0.1) is 6.92 Å². The van der Waals surface area contributed by atoms with Gasteiger partial charge in [-0.2, -0.15) is 0 Å². The summed E-state index contributed by atoms with van der Waals surface area (Å²) in [7, 11) is 0. The van der Waals surface area contributed by atoms with Gasteiger partial charge in [-0.3, -0.25) is 0 Å². The molecular formula is C14H18N6S. The second-order valence-electron chi connectivity index (χ2n) is 5.67. The lowest BCUT2D eigenvalue weighted by Gasteiger charge is -2.34. The molecule has 0 aromatic carbocycles. The summed E-state index contributed by atoms with van der Waals surface area (Å²) in [6, 6.07) is 1.93. The summed E-state index contributed by atoms with van der Waals surface area (Å²) >= 11 is 1.76. The van der Waals surface area contributed by atoms with E-state index in [1.165, 1.54) is 17.8 Å². The number of nitrogens with zero attached hydrogens (tertiary/aromatic N) is 6. The highest BCUT2D eigenvalue weighted by atomic mass is 32.1. The number of hydrogen-bond acceptors (Lipinski definition) is 7. The molecule has 21 heavy (non-hydrogen) atoms. The van der Waals surface area contributed by atoms with Crippen LogP contribution in [-0.4, -0.2) is 46.3 Å². The van der Waals surface area contributed by atoms with Gasteiger partial charge in [0.25, 0.3) is 0 Å². The van der Waals surface area contributed by atoms with Crippen LogP contribution < -0.4 is 9.80 Å². The molecular weight excluding hydrogens is 284 g/mol. The zero-order chi connectivity index (χ0) is 14.2. The first-order chi connectivity index (χ1) is 10.3. The van der Waals surface area contributed by atoms with Crippen molar-refractivity contribution < 1.29 is 0 Å². The standard InChI is InChI=1S/C14H18N6S/c1-10-4-5-15-13(16-10)19-6-8-20(9-7-19)14-18-17-12(21-14)11-2-3-11/h4-5,11H,2-3,6-9H2,1H3. The quantitative estimate of drug-likeness (QED) is 0.862. The van der Waals surface area contributed by atoms with Gasteiger partial charge in [0.15, 0.2) is 0 Å². The fourth-order valence-corrected chi connectivity index (χ4v) is 3.60. The van der Waals surface area contributed by atoms with E-state index in [1.54, 1.807) is 11.3 Å². The van der Waals surface area contributed by atoms with Gasteiger partial charge in [0, 0.05) is 44.0 Å². The van der Waals surface area contributed by atoms with E-state index in [2.05, 4.69) is 30.0 Å². The molecule has 6 nitrogen and oxygen atoms in total. The molecule has 0 amide bonds. The van der Waals surface area contributed by atoms with Crippen molar-refractivity contribution in [1.82, 2.24) is 20.2 Å². The highest BCUT2D eigenvalue weighted by Gasteiger charge is 2.29. The summed E-state index contributed by atoms with van der Waals surface area (Å²) in [5.74, 6) is 1.53. The summed E-state index contributed by atoms with van der Waals surface area (Å²) in [6.45, 7) is 5.78. The van der Waals surface area contributed by atoms with E-state index in [-0.39, 0.29) is 0 Å². The zero-order valence-electron chi connectivity index (χ0n) is 12.1. The Kier molecular flexibility index (Phi) is 3.21. The predicted molar refractivity (Wildman–Crippen MR) is 83.1 cm³/mol. The van der Waals surface area contributed by atoms with Gasteiger partial charge in [-0.1, -0.05) is 11.3 Å². The SMILES string of the molecule is Cc1ccnc(N2CCN(c3nnc(C4CC4)s3)CC2)n1. The average molecular weight is 302 g/mol. The molecule has 1 saturated carbocycles. The molecule has 2 fully saturated rings. The maximum absolute atomic E-state index is 4.50. The first-order valence-corrected chi connectivity index (χ1v) is 8.24. The molecule has 0 bridgehead atoms. The molecule has 3 heterocycles. The second kappa shape index (κ2) is 5.22. The minimum Gasteiger partial charge on any atom is -0.343 e. The van der Waals surface area contributed by atoms with Crippen molar-refractivity contribution >= 4 is 22.4 Å². The Morgan fingerprint density at radius 2 is 1.86 bits per heavy atom. The molecule has 4 rings (SSSR count). The highest BCUT2D eigenvalue weighted by molar-refractivity contribution is 7.15. The Balaban J connectivity index is 1.41. The third-order valence-electron chi connectivity index (χ3n) is 3.97. The monoisotopic (exact) mass is 302 g/mol. The van der Waals surface area contributed by atoms with Crippen LogP contribution in [0.4, 0.5) is 11.1 Å². The topological polar surface area (TPSA) is 58.0 Å². The lowest BCUT2D eigenvalue weighted by Crippen LogP contribution is -2.47. The summed E-state index contributed by atoms with van der Waals surface area (Å²) < 4.78 is 0. The molecule has 110 valence electrons. The van der Waals surface area contributed by atoms with E-state index in [1.807, 2.05) is 19.2 Å². The van der Waals surface area contributed by atoms with E-state index in [0.717, 1.165) is 43.0 Å². The van der Waals surface area contributed by atoms with Gasteiger partial charge < -0.3 is 9.80 Å². The number of aromatic nitrogens is 4. The van der Waals surface area contributed by atoms with Crippen LogP contribution in [0.5, 0.6) is 0 Å². The predicted octanol–water partition coefficient (Wildman–Crippen LogP) is 1.84. The molecule has 1 saturated heterocycles. The Labute approximate surface area is 127 Å². The third kappa shape index (κ3) is 2.70. The van der Waals surface area contributed by atoms with Crippen molar-refractivity contribution in [3.8, 4) is 0 Å². The first kappa shape index (κ1) is 12.9. The van der Waals surface area contributed by atoms with Crippen LogP contribution in [0.1, 0.15) is 29.5 Å². The fraction of sp³-hybridized carbons (Fsp3) is 0.571.